The number of amides is 1. The highest BCUT2D eigenvalue weighted by atomic mass is 16.3. The monoisotopic (exact) mass is 295 g/mol. The van der Waals surface area contributed by atoms with Gasteiger partial charge >= 0.3 is 0 Å². The summed E-state index contributed by atoms with van der Waals surface area (Å²) >= 11 is 0. The van der Waals surface area contributed by atoms with E-state index in [4.69, 9.17) is 10.2 Å². The number of benzene rings is 1. The zero-order valence-corrected chi connectivity index (χ0v) is 12.5. The first-order valence-corrected chi connectivity index (χ1v) is 7.17. The van der Waals surface area contributed by atoms with Gasteiger partial charge in [0.2, 0.25) is 0 Å². The highest BCUT2D eigenvalue weighted by Gasteiger charge is 2.07. The molecule has 0 aromatic heterocycles. The van der Waals surface area contributed by atoms with E-state index in [0.29, 0.717) is 31.7 Å². The summed E-state index contributed by atoms with van der Waals surface area (Å²) < 4.78 is 0. The lowest BCUT2D eigenvalue weighted by atomic mass is 10.1. The number of aliphatic hydroxyl groups is 2. The standard InChI is InChI=1S/C15H25N3O3/c1-16-12-13-2-4-14(5-3-13)15(21)17-6-7-18(8-10-19)9-11-20/h2-5,16,19-20H,6-12H2,1H3,(H,17,21). The van der Waals surface area contributed by atoms with Crippen molar-refractivity contribution in [1.29, 1.82) is 0 Å². The van der Waals surface area contributed by atoms with E-state index >= 15 is 0 Å². The zero-order valence-electron chi connectivity index (χ0n) is 12.5. The van der Waals surface area contributed by atoms with Gasteiger partial charge in [0.05, 0.1) is 13.2 Å². The second-order valence-corrected chi connectivity index (χ2v) is 4.77. The summed E-state index contributed by atoms with van der Waals surface area (Å²) in [5.74, 6) is -0.112. The van der Waals surface area contributed by atoms with Crippen LogP contribution < -0.4 is 10.6 Å². The van der Waals surface area contributed by atoms with Gasteiger partial charge in [0.15, 0.2) is 0 Å². The minimum atomic E-state index is -0.112. The highest BCUT2D eigenvalue weighted by molar-refractivity contribution is 5.94. The first-order valence-electron chi connectivity index (χ1n) is 7.17. The van der Waals surface area contributed by atoms with E-state index in [1.807, 2.05) is 24.1 Å². The fourth-order valence-corrected chi connectivity index (χ4v) is 2.03. The quantitative estimate of drug-likeness (QED) is 0.464. The normalized spacial score (nSPS) is 10.9. The van der Waals surface area contributed by atoms with Crippen LogP contribution in [-0.4, -0.2) is 67.5 Å². The maximum absolute atomic E-state index is 12.0. The molecule has 0 fully saturated rings. The largest absolute Gasteiger partial charge is 0.395 e. The smallest absolute Gasteiger partial charge is 0.251 e. The molecule has 0 bridgehead atoms. The Labute approximate surface area is 125 Å². The molecule has 6 nitrogen and oxygen atoms in total. The summed E-state index contributed by atoms with van der Waals surface area (Å²) in [4.78, 5) is 13.9. The van der Waals surface area contributed by atoms with Crippen LogP contribution in [0.2, 0.25) is 0 Å². The lowest BCUT2D eigenvalue weighted by molar-refractivity contribution is 0.0944. The van der Waals surface area contributed by atoms with Crippen molar-refractivity contribution in [2.75, 3.05) is 46.4 Å². The Morgan fingerprint density at radius 1 is 1.10 bits per heavy atom. The fourth-order valence-electron chi connectivity index (χ4n) is 2.03. The van der Waals surface area contributed by atoms with Crippen LogP contribution in [0.15, 0.2) is 24.3 Å². The Kier molecular flexibility index (Phi) is 8.61. The molecule has 4 N–H and O–H groups in total. The van der Waals surface area contributed by atoms with Crippen LogP contribution in [0.5, 0.6) is 0 Å². The lowest BCUT2D eigenvalue weighted by Crippen LogP contribution is -2.37. The van der Waals surface area contributed by atoms with E-state index in [2.05, 4.69) is 10.6 Å². The van der Waals surface area contributed by atoms with Crippen LogP contribution in [0.1, 0.15) is 15.9 Å². The van der Waals surface area contributed by atoms with Gasteiger partial charge in [-0.15, -0.1) is 0 Å². The third kappa shape index (κ3) is 6.68. The summed E-state index contributed by atoms with van der Waals surface area (Å²) in [5, 5.41) is 23.7. The first-order chi connectivity index (χ1) is 10.2. The zero-order chi connectivity index (χ0) is 15.5. The van der Waals surface area contributed by atoms with Crippen LogP contribution >= 0.6 is 0 Å². The van der Waals surface area contributed by atoms with Crippen molar-refractivity contribution in [1.82, 2.24) is 15.5 Å². The molecule has 0 spiro atoms. The number of aliphatic hydroxyl groups excluding tert-OH is 2. The molecule has 1 aromatic carbocycles. The maximum Gasteiger partial charge on any atom is 0.251 e. The Morgan fingerprint density at radius 2 is 1.71 bits per heavy atom. The van der Waals surface area contributed by atoms with Gasteiger partial charge < -0.3 is 20.8 Å². The van der Waals surface area contributed by atoms with Gasteiger partial charge in [-0.05, 0) is 24.7 Å². The molecule has 0 atom stereocenters. The highest BCUT2D eigenvalue weighted by Crippen LogP contribution is 2.04. The molecule has 0 aliphatic heterocycles. The maximum atomic E-state index is 12.0. The number of hydrogen-bond acceptors (Lipinski definition) is 5. The van der Waals surface area contributed by atoms with Gasteiger partial charge in [-0.1, -0.05) is 12.1 Å². The molecule has 1 amide bonds. The molecule has 0 aliphatic rings. The molecule has 1 aromatic rings. The molecule has 0 aliphatic carbocycles. The number of nitrogens with zero attached hydrogens (tertiary/aromatic N) is 1. The Hall–Kier alpha value is -1.47. The van der Waals surface area contributed by atoms with E-state index in [9.17, 15) is 4.79 Å². The van der Waals surface area contributed by atoms with Gasteiger partial charge in [0.25, 0.3) is 5.91 Å². The molecule has 6 heteroatoms. The van der Waals surface area contributed by atoms with E-state index in [-0.39, 0.29) is 19.1 Å². The van der Waals surface area contributed by atoms with Crippen molar-refractivity contribution in [2.24, 2.45) is 0 Å². The van der Waals surface area contributed by atoms with Crippen LogP contribution in [-0.2, 0) is 6.54 Å². The summed E-state index contributed by atoms with van der Waals surface area (Å²) in [6, 6.07) is 7.47. The Bertz CT molecular complexity index is 403. The van der Waals surface area contributed by atoms with Crippen molar-refractivity contribution < 1.29 is 15.0 Å². The number of hydrogen-bond donors (Lipinski definition) is 4. The average Bonchev–Trinajstić information content (AvgIpc) is 2.48. The Morgan fingerprint density at radius 3 is 2.24 bits per heavy atom. The molecule has 0 saturated heterocycles. The van der Waals surface area contributed by atoms with Crippen LogP contribution in [0.25, 0.3) is 0 Å². The molecule has 21 heavy (non-hydrogen) atoms. The van der Waals surface area contributed by atoms with Crippen molar-refractivity contribution in [3.8, 4) is 0 Å². The summed E-state index contributed by atoms with van der Waals surface area (Å²) in [5.41, 5.74) is 1.76. The molecule has 1 rings (SSSR count). The minimum Gasteiger partial charge on any atom is -0.395 e. The van der Waals surface area contributed by atoms with Crippen LogP contribution in [0.4, 0.5) is 0 Å². The molecule has 118 valence electrons. The predicted molar refractivity (Wildman–Crippen MR) is 82.2 cm³/mol. The predicted octanol–water partition coefficient (Wildman–Crippen LogP) is -0.578. The van der Waals surface area contributed by atoms with E-state index in [1.165, 1.54) is 0 Å². The van der Waals surface area contributed by atoms with Gasteiger partial charge in [-0.3, -0.25) is 9.69 Å². The Balaban J connectivity index is 2.38. The molecule has 0 saturated carbocycles. The SMILES string of the molecule is CNCc1ccc(C(=O)NCCN(CCO)CCO)cc1. The lowest BCUT2D eigenvalue weighted by Gasteiger charge is -2.20. The third-order valence-corrected chi connectivity index (χ3v) is 3.14. The molecule has 0 heterocycles. The van der Waals surface area contributed by atoms with Gasteiger partial charge in [-0.25, -0.2) is 0 Å². The molecular weight excluding hydrogens is 270 g/mol. The minimum absolute atomic E-state index is 0.0425. The van der Waals surface area contributed by atoms with Crippen molar-refractivity contribution in [3.05, 3.63) is 35.4 Å². The summed E-state index contributed by atoms with van der Waals surface area (Å²) in [6.45, 7) is 2.94. The van der Waals surface area contributed by atoms with Crippen molar-refractivity contribution in [3.63, 3.8) is 0 Å². The van der Waals surface area contributed by atoms with Crippen molar-refractivity contribution >= 4 is 5.91 Å². The second-order valence-electron chi connectivity index (χ2n) is 4.77. The van der Waals surface area contributed by atoms with E-state index in [0.717, 1.165) is 12.1 Å². The topological polar surface area (TPSA) is 84.8 Å². The fraction of sp³-hybridized carbons (Fsp3) is 0.533. The second kappa shape index (κ2) is 10.3. The summed E-state index contributed by atoms with van der Waals surface area (Å²) in [6.07, 6.45) is 0. The number of carbonyl (C=O) groups is 1. The summed E-state index contributed by atoms with van der Waals surface area (Å²) in [7, 11) is 1.88. The molecular formula is C15H25N3O3. The van der Waals surface area contributed by atoms with E-state index in [1.54, 1.807) is 12.1 Å². The number of nitrogens with one attached hydrogen (secondary N) is 2. The molecule has 0 radical (unpaired) electrons. The van der Waals surface area contributed by atoms with Gasteiger partial charge in [0.1, 0.15) is 0 Å². The number of rotatable bonds is 10. The van der Waals surface area contributed by atoms with Gasteiger partial charge in [0, 0.05) is 38.3 Å². The van der Waals surface area contributed by atoms with Crippen LogP contribution in [0.3, 0.4) is 0 Å². The third-order valence-electron chi connectivity index (χ3n) is 3.14. The molecule has 0 unspecified atom stereocenters. The van der Waals surface area contributed by atoms with Crippen LogP contribution in [0, 0.1) is 0 Å². The first kappa shape index (κ1) is 17.6. The van der Waals surface area contributed by atoms with E-state index < -0.39 is 0 Å². The van der Waals surface area contributed by atoms with Crippen molar-refractivity contribution in [2.45, 2.75) is 6.54 Å². The number of carbonyl (C=O) groups excluding carboxylic acids is 1. The average molecular weight is 295 g/mol. The van der Waals surface area contributed by atoms with Gasteiger partial charge in [-0.2, -0.15) is 0 Å².